The van der Waals surface area contributed by atoms with Crippen LogP contribution < -0.4 is 20.1 Å². The summed E-state index contributed by atoms with van der Waals surface area (Å²) in [6, 6.07) is 6.16. The summed E-state index contributed by atoms with van der Waals surface area (Å²) < 4.78 is 18.3. The van der Waals surface area contributed by atoms with Gasteiger partial charge in [0.1, 0.15) is 6.61 Å². The minimum absolute atomic E-state index is 0.104. The Bertz CT molecular complexity index is 1200. The summed E-state index contributed by atoms with van der Waals surface area (Å²) in [7, 11) is 0. The van der Waals surface area contributed by atoms with Gasteiger partial charge in [0.25, 0.3) is 0 Å². The van der Waals surface area contributed by atoms with Crippen LogP contribution in [-0.4, -0.2) is 44.7 Å². The highest BCUT2D eigenvalue weighted by Gasteiger charge is 2.39. The summed E-state index contributed by atoms with van der Waals surface area (Å²) in [5.41, 5.74) is 3.76. The normalized spacial score (nSPS) is 20.7. The number of nitrogens with zero attached hydrogens (tertiary/aromatic N) is 1. The van der Waals surface area contributed by atoms with E-state index in [-0.39, 0.29) is 17.6 Å². The molecule has 0 aromatic heterocycles. The number of benzene rings is 1. The van der Waals surface area contributed by atoms with Gasteiger partial charge in [0.2, 0.25) is 5.91 Å². The molecule has 39 heavy (non-hydrogen) atoms. The molecule has 0 saturated heterocycles. The maximum Gasteiger partial charge on any atom is 0.223 e. The minimum atomic E-state index is -0.458. The van der Waals surface area contributed by atoms with Crippen LogP contribution in [-0.2, 0) is 14.3 Å². The second kappa shape index (κ2) is 13.5. The van der Waals surface area contributed by atoms with E-state index in [9.17, 15) is 14.9 Å². The predicted octanol–water partition coefficient (Wildman–Crippen LogP) is 5.29. The van der Waals surface area contributed by atoms with Crippen molar-refractivity contribution in [3.8, 4) is 17.6 Å². The van der Waals surface area contributed by atoms with Gasteiger partial charge in [-0.1, -0.05) is 13.3 Å². The Morgan fingerprint density at radius 3 is 2.67 bits per heavy atom. The van der Waals surface area contributed by atoms with Gasteiger partial charge in [-0.05, 0) is 79.1 Å². The number of Topliss-reactive ketones (excluding diaryl/α,β-unsaturated/α-hetero) is 1. The van der Waals surface area contributed by atoms with Crippen molar-refractivity contribution in [3.63, 3.8) is 0 Å². The molecule has 1 heterocycles. The summed E-state index contributed by atoms with van der Waals surface area (Å²) in [6.45, 7) is 7.94. The molecule has 2 unspecified atom stereocenters. The lowest BCUT2D eigenvalue weighted by atomic mass is 9.72. The van der Waals surface area contributed by atoms with Crippen LogP contribution in [0.15, 0.2) is 39.1 Å². The number of nitrogens with one attached hydrogen (secondary N) is 2. The zero-order valence-corrected chi connectivity index (χ0v) is 24.6. The van der Waals surface area contributed by atoms with E-state index in [0.717, 1.165) is 49.1 Å². The quantitative estimate of drug-likeness (QED) is 0.296. The van der Waals surface area contributed by atoms with E-state index in [0.29, 0.717) is 72.4 Å². The van der Waals surface area contributed by atoms with E-state index < -0.39 is 5.92 Å². The van der Waals surface area contributed by atoms with Gasteiger partial charge in [-0.2, -0.15) is 5.26 Å². The monoisotopic (exact) mass is 599 g/mol. The fourth-order valence-electron chi connectivity index (χ4n) is 5.41. The number of nitriles is 1. The minimum Gasteiger partial charge on any atom is -0.490 e. The fraction of sp³-hybridized carbons (Fsp3) is 0.567. The van der Waals surface area contributed by atoms with Crippen LogP contribution in [0.4, 0.5) is 0 Å². The lowest BCUT2D eigenvalue weighted by Gasteiger charge is -2.35. The Labute approximate surface area is 239 Å². The van der Waals surface area contributed by atoms with Crippen molar-refractivity contribution >= 4 is 27.6 Å². The highest BCUT2D eigenvalue weighted by Crippen LogP contribution is 2.47. The van der Waals surface area contributed by atoms with E-state index >= 15 is 0 Å². The highest BCUT2D eigenvalue weighted by atomic mass is 79.9. The zero-order valence-electron chi connectivity index (χ0n) is 23.0. The van der Waals surface area contributed by atoms with Crippen LogP contribution in [0.25, 0.3) is 0 Å². The van der Waals surface area contributed by atoms with E-state index in [2.05, 4.69) is 39.6 Å². The Morgan fingerprint density at radius 1 is 1.18 bits per heavy atom. The average Bonchev–Trinajstić information content (AvgIpc) is 3.74. The van der Waals surface area contributed by atoms with Crippen LogP contribution in [0.3, 0.4) is 0 Å². The van der Waals surface area contributed by atoms with E-state index in [4.69, 9.17) is 14.2 Å². The second-order valence-electron chi connectivity index (χ2n) is 10.4. The van der Waals surface area contributed by atoms with Crippen molar-refractivity contribution in [1.82, 2.24) is 10.6 Å². The number of carbonyl (C=O) groups excluding carboxylic acids is 2. The van der Waals surface area contributed by atoms with Crippen molar-refractivity contribution in [3.05, 3.63) is 44.7 Å². The highest BCUT2D eigenvalue weighted by molar-refractivity contribution is 9.10. The third-order valence-electron chi connectivity index (χ3n) is 7.36. The Morgan fingerprint density at radius 2 is 1.97 bits per heavy atom. The van der Waals surface area contributed by atoms with E-state index in [1.54, 1.807) is 0 Å². The van der Waals surface area contributed by atoms with Crippen LogP contribution in [0.2, 0.25) is 0 Å². The summed E-state index contributed by atoms with van der Waals surface area (Å²) in [6.07, 6.45) is 5.33. The molecular formula is C30H38BrN3O5. The molecule has 1 saturated carbocycles. The molecule has 2 N–H and O–H groups in total. The smallest absolute Gasteiger partial charge is 0.223 e. The van der Waals surface area contributed by atoms with Gasteiger partial charge in [0, 0.05) is 35.9 Å². The number of hydrogen-bond donors (Lipinski definition) is 2. The van der Waals surface area contributed by atoms with E-state index in [1.165, 1.54) is 0 Å². The van der Waals surface area contributed by atoms with Gasteiger partial charge in [0.05, 0.1) is 41.9 Å². The standard InChI is InChI=1S/C30H38BrN3O5/c1-4-6-19-13-24-28(25(35)14-19)27(22(17-32)18(3)34-24)21-15-23(31)29(26(16-21)38-5-2)39-12-11-37-10-9-33-30(36)20-7-8-20/h15-16,19-20,27,34H,4-14H2,1-3H3,(H,33,36). The number of ether oxygens (including phenoxy) is 3. The molecular weight excluding hydrogens is 562 g/mol. The van der Waals surface area contributed by atoms with Gasteiger partial charge < -0.3 is 24.8 Å². The van der Waals surface area contributed by atoms with Crippen LogP contribution in [0, 0.1) is 23.2 Å². The average molecular weight is 601 g/mol. The summed E-state index contributed by atoms with van der Waals surface area (Å²) in [5.74, 6) is 1.36. The van der Waals surface area contributed by atoms with Crippen molar-refractivity contribution < 1.29 is 23.8 Å². The van der Waals surface area contributed by atoms with Gasteiger partial charge in [0.15, 0.2) is 17.3 Å². The number of rotatable bonds is 13. The van der Waals surface area contributed by atoms with Crippen molar-refractivity contribution in [2.45, 2.75) is 65.2 Å². The lowest BCUT2D eigenvalue weighted by molar-refractivity contribution is -0.122. The SMILES string of the molecule is CCCC1CC(=O)C2=C(C1)NC(C)=C(C#N)C2c1cc(Br)c(OCCOCCNC(=O)C2CC2)c(OCC)c1. The first-order valence-corrected chi connectivity index (χ1v) is 14.8. The molecule has 1 fully saturated rings. The van der Waals surface area contributed by atoms with E-state index in [1.807, 2.05) is 26.0 Å². The summed E-state index contributed by atoms with van der Waals surface area (Å²) in [5, 5.41) is 16.3. The van der Waals surface area contributed by atoms with Crippen molar-refractivity contribution in [1.29, 1.82) is 5.26 Å². The number of halogens is 1. The van der Waals surface area contributed by atoms with Crippen LogP contribution in [0.1, 0.15) is 70.8 Å². The van der Waals surface area contributed by atoms with Crippen LogP contribution >= 0.6 is 15.9 Å². The number of hydrogen-bond acceptors (Lipinski definition) is 7. The topological polar surface area (TPSA) is 110 Å². The molecule has 0 bridgehead atoms. The predicted molar refractivity (Wildman–Crippen MR) is 151 cm³/mol. The number of amides is 1. The van der Waals surface area contributed by atoms with Gasteiger partial charge in [-0.25, -0.2) is 0 Å². The molecule has 1 aromatic carbocycles. The number of dihydropyridines is 1. The molecule has 9 heteroatoms. The number of allylic oxidation sites excluding steroid dienone is 4. The molecule has 2 aliphatic carbocycles. The summed E-state index contributed by atoms with van der Waals surface area (Å²) in [4.78, 5) is 25.1. The summed E-state index contributed by atoms with van der Waals surface area (Å²) >= 11 is 3.65. The Hall–Kier alpha value is -2.83. The molecule has 2 atom stereocenters. The largest absolute Gasteiger partial charge is 0.490 e. The fourth-order valence-corrected chi connectivity index (χ4v) is 5.99. The molecule has 210 valence electrons. The van der Waals surface area contributed by atoms with Gasteiger partial charge in [-0.15, -0.1) is 0 Å². The van der Waals surface area contributed by atoms with Crippen LogP contribution in [0.5, 0.6) is 11.5 Å². The third-order valence-corrected chi connectivity index (χ3v) is 7.95. The molecule has 4 rings (SSSR count). The molecule has 3 aliphatic rings. The first-order chi connectivity index (χ1) is 18.9. The molecule has 8 nitrogen and oxygen atoms in total. The number of carbonyl (C=O) groups is 2. The van der Waals surface area contributed by atoms with Gasteiger partial charge in [-0.3, -0.25) is 9.59 Å². The maximum atomic E-state index is 13.4. The molecule has 1 aromatic rings. The van der Waals surface area contributed by atoms with Crippen molar-refractivity contribution in [2.24, 2.45) is 11.8 Å². The molecule has 0 radical (unpaired) electrons. The molecule has 1 amide bonds. The first kappa shape index (κ1) is 29.2. The Kier molecular flexibility index (Phi) is 10.1. The Balaban J connectivity index is 1.49. The van der Waals surface area contributed by atoms with Crippen molar-refractivity contribution in [2.75, 3.05) is 33.0 Å². The third kappa shape index (κ3) is 7.03. The first-order valence-electron chi connectivity index (χ1n) is 14.0. The lowest BCUT2D eigenvalue weighted by Crippen LogP contribution is -2.34. The number of ketones is 1. The maximum absolute atomic E-state index is 13.4. The second-order valence-corrected chi connectivity index (χ2v) is 11.2. The molecule has 0 spiro atoms. The zero-order chi connectivity index (χ0) is 27.9. The van der Waals surface area contributed by atoms with Gasteiger partial charge >= 0.3 is 0 Å². The molecule has 1 aliphatic heterocycles.